The molecular weight excluding hydrogens is 234 g/mol. The van der Waals surface area contributed by atoms with Crippen molar-refractivity contribution in [1.82, 2.24) is 9.78 Å². The van der Waals surface area contributed by atoms with Crippen LogP contribution in [0.3, 0.4) is 0 Å². The van der Waals surface area contributed by atoms with Gasteiger partial charge < -0.3 is 10.4 Å². The fourth-order valence-electron chi connectivity index (χ4n) is 1.50. The number of carbonyl (C=O) groups excluding carboxylic acids is 1. The van der Waals surface area contributed by atoms with Crippen molar-refractivity contribution in [2.75, 3.05) is 5.32 Å². The molecule has 0 bridgehead atoms. The van der Waals surface area contributed by atoms with Crippen LogP contribution in [0.15, 0.2) is 42.6 Å². The molecule has 1 aromatic heterocycles. The van der Waals surface area contributed by atoms with E-state index < -0.39 is 5.97 Å². The highest BCUT2D eigenvalue weighted by Gasteiger charge is 2.12. The summed E-state index contributed by atoms with van der Waals surface area (Å²) in [7, 11) is 0. The SMILES string of the molecule is O=C(Cn1nccc1C(=O)O)Nc1ccccc1. The van der Waals surface area contributed by atoms with E-state index in [0.29, 0.717) is 5.69 Å². The van der Waals surface area contributed by atoms with Gasteiger partial charge in [-0.2, -0.15) is 5.10 Å². The van der Waals surface area contributed by atoms with Gasteiger partial charge in [0.05, 0.1) is 0 Å². The van der Waals surface area contributed by atoms with E-state index in [1.165, 1.54) is 12.3 Å². The molecule has 0 spiro atoms. The first-order valence-electron chi connectivity index (χ1n) is 5.27. The van der Waals surface area contributed by atoms with Crippen LogP contribution < -0.4 is 5.32 Å². The first-order valence-corrected chi connectivity index (χ1v) is 5.27. The normalized spacial score (nSPS) is 10.0. The second-order valence-electron chi connectivity index (χ2n) is 3.59. The number of carboxylic acid groups (broad SMARTS) is 1. The van der Waals surface area contributed by atoms with Gasteiger partial charge in [-0.05, 0) is 18.2 Å². The molecule has 2 rings (SSSR count). The lowest BCUT2D eigenvalue weighted by atomic mass is 10.3. The van der Waals surface area contributed by atoms with E-state index >= 15 is 0 Å². The topological polar surface area (TPSA) is 84.2 Å². The standard InChI is InChI=1S/C12H11N3O3/c16-11(14-9-4-2-1-3-5-9)8-15-10(12(17)18)6-7-13-15/h1-7H,8H2,(H,14,16)(H,17,18). The van der Waals surface area contributed by atoms with E-state index in [0.717, 1.165) is 4.68 Å². The monoisotopic (exact) mass is 245 g/mol. The van der Waals surface area contributed by atoms with Crippen molar-refractivity contribution >= 4 is 17.6 Å². The minimum atomic E-state index is -1.11. The number of anilines is 1. The van der Waals surface area contributed by atoms with Gasteiger partial charge in [0, 0.05) is 11.9 Å². The number of aromatic nitrogens is 2. The second kappa shape index (κ2) is 5.13. The molecule has 0 fully saturated rings. The van der Waals surface area contributed by atoms with E-state index in [-0.39, 0.29) is 18.1 Å². The Morgan fingerprint density at radius 3 is 2.61 bits per heavy atom. The maximum Gasteiger partial charge on any atom is 0.354 e. The number of rotatable bonds is 4. The van der Waals surface area contributed by atoms with E-state index in [2.05, 4.69) is 10.4 Å². The Balaban J connectivity index is 2.04. The average Bonchev–Trinajstić information content (AvgIpc) is 2.78. The number of aromatic carboxylic acids is 1. The zero-order valence-electron chi connectivity index (χ0n) is 9.41. The Morgan fingerprint density at radius 2 is 1.94 bits per heavy atom. The predicted molar refractivity (Wildman–Crippen MR) is 64.3 cm³/mol. The molecule has 18 heavy (non-hydrogen) atoms. The summed E-state index contributed by atoms with van der Waals surface area (Å²) in [5.41, 5.74) is 0.643. The highest BCUT2D eigenvalue weighted by atomic mass is 16.4. The van der Waals surface area contributed by atoms with Gasteiger partial charge in [0.2, 0.25) is 5.91 Å². The Labute approximate surface area is 103 Å². The molecular formula is C12H11N3O3. The van der Waals surface area contributed by atoms with E-state index in [9.17, 15) is 9.59 Å². The number of hydrogen-bond donors (Lipinski definition) is 2. The van der Waals surface area contributed by atoms with Crippen molar-refractivity contribution in [1.29, 1.82) is 0 Å². The lowest BCUT2D eigenvalue weighted by Gasteiger charge is -2.06. The summed E-state index contributed by atoms with van der Waals surface area (Å²) >= 11 is 0. The van der Waals surface area contributed by atoms with Crippen LogP contribution in [0.5, 0.6) is 0 Å². The van der Waals surface area contributed by atoms with Crippen molar-refractivity contribution in [2.24, 2.45) is 0 Å². The first-order chi connectivity index (χ1) is 8.66. The summed E-state index contributed by atoms with van der Waals surface area (Å²) < 4.78 is 1.14. The van der Waals surface area contributed by atoms with Gasteiger partial charge in [-0.1, -0.05) is 18.2 Å². The van der Waals surface area contributed by atoms with Crippen LogP contribution in [0.2, 0.25) is 0 Å². The third kappa shape index (κ3) is 2.73. The van der Waals surface area contributed by atoms with Crippen LogP contribution >= 0.6 is 0 Å². The number of nitrogens with one attached hydrogen (secondary N) is 1. The number of para-hydroxylation sites is 1. The van der Waals surface area contributed by atoms with Gasteiger partial charge in [0.15, 0.2) is 0 Å². The fraction of sp³-hybridized carbons (Fsp3) is 0.0833. The van der Waals surface area contributed by atoms with Gasteiger partial charge in [0.1, 0.15) is 12.2 Å². The Morgan fingerprint density at radius 1 is 1.22 bits per heavy atom. The molecule has 0 aliphatic carbocycles. The van der Waals surface area contributed by atoms with Gasteiger partial charge in [-0.3, -0.25) is 4.79 Å². The van der Waals surface area contributed by atoms with E-state index in [4.69, 9.17) is 5.11 Å². The lowest BCUT2D eigenvalue weighted by molar-refractivity contribution is -0.116. The van der Waals surface area contributed by atoms with Crippen LogP contribution in [-0.4, -0.2) is 26.8 Å². The van der Waals surface area contributed by atoms with Crippen LogP contribution in [-0.2, 0) is 11.3 Å². The molecule has 2 aromatic rings. The van der Waals surface area contributed by atoms with Crippen LogP contribution in [0.4, 0.5) is 5.69 Å². The Bertz CT molecular complexity index is 563. The maximum atomic E-state index is 11.7. The number of carboxylic acids is 1. The quantitative estimate of drug-likeness (QED) is 0.848. The maximum absolute atomic E-state index is 11.7. The zero-order valence-corrected chi connectivity index (χ0v) is 9.41. The molecule has 0 atom stereocenters. The molecule has 0 aliphatic rings. The molecule has 6 nitrogen and oxygen atoms in total. The third-order valence-electron chi connectivity index (χ3n) is 2.29. The largest absolute Gasteiger partial charge is 0.477 e. The third-order valence-corrected chi connectivity index (χ3v) is 2.29. The number of nitrogens with zero attached hydrogens (tertiary/aromatic N) is 2. The van der Waals surface area contributed by atoms with E-state index in [1.54, 1.807) is 24.3 Å². The van der Waals surface area contributed by atoms with Crippen molar-refractivity contribution in [3.05, 3.63) is 48.3 Å². The number of carbonyl (C=O) groups is 2. The van der Waals surface area contributed by atoms with Crippen molar-refractivity contribution in [2.45, 2.75) is 6.54 Å². The minimum Gasteiger partial charge on any atom is -0.477 e. The zero-order chi connectivity index (χ0) is 13.0. The summed E-state index contributed by atoms with van der Waals surface area (Å²) in [5, 5.41) is 15.3. The molecule has 2 N–H and O–H groups in total. The van der Waals surface area contributed by atoms with Crippen molar-refractivity contribution in [3.63, 3.8) is 0 Å². The van der Waals surface area contributed by atoms with Crippen molar-refractivity contribution in [3.8, 4) is 0 Å². The molecule has 1 amide bonds. The van der Waals surface area contributed by atoms with Gasteiger partial charge in [0.25, 0.3) is 0 Å². The predicted octanol–water partition coefficient (Wildman–Crippen LogP) is 1.22. The van der Waals surface area contributed by atoms with Gasteiger partial charge >= 0.3 is 5.97 Å². The number of amides is 1. The molecule has 0 saturated heterocycles. The van der Waals surface area contributed by atoms with Gasteiger partial charge in [-0.25, -0.2) is 9.48 Å². The fourth-order valence-corrected chi connectivity index (χ4v) is 1.50. The highest BCUT2D eigenvalue weighted by Crippen LogP contribution is 2.05. The molecule has 0 saturated carbocycles. The summed E-state index contributed by atoms with van der Waals surface area (Å²) in [6.45, 7) is -0.135. The molecule has 92 valence electrons. The van der Waals surface area contributed by atoms with Crippen molar-refractivity contribution < 1.29 is 14.7 Å². The number of hydrogen-bond acceptors (Lipinski definition) is 3. The van der Waals surface area contributed by atoms with Crippen LogP contribution in [0, 0.1) is 0 Å². The van der Waals surface area contributed by atoms with E-state index in [1.807, 2.05) is 6.07 Å². The van der Waals surface area contributed by atoms with Crippen LogP contribution in [0.25, 0.3) is 0 Å². The average molecular weight is 245 g/mol. The first kappa shape index (κ1) is 11.8. The molecule has 0 radical (unpaired) electrons. The number of benzene rings is 1. The molecule has 1 heterocycles. The van der Waals surface area contributed by atoms with Crippen LogP contribution in [0.1, 0.15) is 10.5 Å². The Kier molecular flexibility index (Phi) is 3.38. The second-order valence-corrected chi connectivity index (χ2v) is 3.59. The lowest BCUT2D eigenvalue weighted by Crippen LogP contribution is -2.22. The summed E-state index contributed by atoms with van der Waals surface area (Å²) in [5.74, 6) is -1.44. The van der Waals surface area contributed by atoms with Gasteiger partial charge in [-0.15, -0.1) is 0 Å². The smallest absolute Gasteiger partial charge is 0.354 e. The molecule has 0 aliphatic heterocycles. The molecule has 1 aromatic carbocycles. The summed E-state index contributed by atoms with van der Waals surface area (Å²) in [4.78, 5) is 22.5. The highest BCUT2D eigenvalue weighted by molar-refractivity contribution is 5.91. The summed E-state index contributed by atoms with van der Waals surface area (Å²) in [6, 6.07) is 10.3. The minimum absolute atomic E-state index is 0.0155. The summed E-state index contributed by atoms with van der Waals surface area (Å²) in [6.07, 6.45) is 1.35. The molecule has 0 unspecified atom stereocenters. The Hall–Kier alpha value is -2.63. The molecule has 6 heteroatoms.